The average molecular weight is 327 g/mol. The van der Waals surface area contributed by atoms with E-state index in [2.05, 4.69) is 4.98 Å². The van der Waals surface area contributed by atoms with Crippen molar-refractivity contribution >= 4 is 23.1 Å². The number of ketones is 1. The van der Waals surface area contributed by atoms with Gasteiger partial charge in [0.05, 0.1) is 4.92 Å². The van der Waals surface area contributed by atoms with Gasteiger partial charge in [0.25, 0.3) is 5.69 Å². The quantitative estimate of drug-likeness (QED) is 0.436. The summed E-state index contributed by atoms with van der Waals surface area (Å²) in [6.07, 6.45) is 3.31. The summed E-state index contributed by atoms with van der Waals surface area (Å²) in [7, 11) is 0. The van der Waals surface area contributed by atoms with E-state index in [1.54, 1.807) is 18.5 Å². The van der Waals surface area contributed by atoms with Crippen molar-refractivity contribution in [1.29, 1.82) is 0 Å². The van der Waals surface area contributed by atoms with Crippen LogP contribution in [0.2, 0.25) is 5.02 Å². The Morgan fingerprint density at radius 1 is 1.00 bits per heavy atom. The molecule has 0 saturated heterocycles. The molecule has 1 heterocycles. The number of hydrogen-bond donors (Lipinski definition) is 1. The van der Waals surface area contributed by atoms with Gasteiger partial charge in [-0.15, -0.1) is 0 Å². The highest BCUT2D eigenvalue weighted by atomic mass is 35.5. The summed E-state index contributed by atoms with van der Waals surface area (Å²) in [5.41, 5.74) is 2.23. The van der Waals surface area contributed by atoms with Crippen molar-refractivity contribution in [1.82, 2.24) is 4.98 Å². The van der Waals surface area contributed by atoms with Crippen LogP contribution in [0.25, 0.3) is 11.1 Å². The third-order valence-electron chi connectivity index (χ3n) is 3.49. The number of non-ortho nitro benzene ring substituents is 1. The number of nitro benzene ring substituents is 1. The van der Waals surface area contributed by atoms with Crippen molar-refractivity contribution in [2.24, 2.45) is 0 Å². The summed E-state index contributed by atoms with van der Waals surface area (Å²) < 4.78 is 0. The predicted molar refractivity (Wildman–Crippen MR) is 87.8 cm³/mol. The van der Waals surface area contributed by atoms with E-state index in [0.29, 0.717) is 21.7 Å². The Bertz CT molecular complexity index is 885. The number of aromatic amines is 1. The Morgan fingerprint density at radius 2 is 1.70 bits per heavy atom. The number of carbonyl (C=O) groups is 1. The molecule has 0 aliphatic rings. The van der Waals surface area contributed by atoms with Gasteiger partial charge in [-0.2, -0.15) is 0 Å². The van der Waals surface area contributed by atoms with Crippen LogP contribution in [-0.2, 0) is 0 Å². The second-order valence-corrected chi connectivity index (χ2v) is 5.30. The number of nitro groups is 1. The average Bonchev–Trinajstić information content (AvgIpc) is 3.04. The van der Waals surface area contributed by atoms with E-state index in [1.165, 1.54) is 24.3 Å². The highest BCUT2D eigenvalue weighted by molar-refractivity contribution is 6.33. The van der Waals surface area contributed by atoms with E-state index in [9.17, 15) is 14.9 Å². The molecule has 2 aromatic carbocycles. The lowest BCUT2D eigenvalue weighted by molar-refractivity contribution is -0.384. The summed E-state index contributed by atoms with van der Waals surface area (Å²) in [4.78, 5) is 25.8. The van der Waals surface area contributed by atoms with Gasteiger partial charge in [-0.25, -0.2) is 0 Å². The van der Waals surface area contributed by atoms with Gasteiger partial charge in [-0.05, 0) is 18.2 Å². The number of halogens is 1. The van der Waals surface area contributed by atoms with Gasteiger partial charge >= 0.3 is 0 Å². The summed E-state index contributed by atoms with van der Waals surface area (Å²) in [6, 6.07) is 12.8. The summed E-state index contributed by atoms with van der Waals surface area (Å²) in [5, 5.41) is 11.2. The van der Waals surface area contributed by atoms with E-state index in [0.717, 1.165) is 5.56 Å². The molecule has 3 rings (SSSR count). The maximum atomic E-state index is 12.7. The van der Waals surface area contributed by atoms with Crippen LogP contribution >= 0.6 is 11.6 Å². The third-order valence-corrected chi connectivity index (χ3v) is 3.82. The zero-order chi connectivity index (χ0) is 16.4. The lowest BCUT2D eigenvalue weighted by atomic mass is 9.98. The molecule has 0 saturated carbocycles. The number of hydrogen-bond acceptors (Lipinski definition) is 3. The van der Waals surface area contributed by atoms with Crippen LogP contribution in [0.4, 0.5) is 5.69 Å². The Labute approximate surface area is 136 Å². The topological polar surface area (TPSA) is 76.0 Å². The molecule has 23 heavy (non-hydrogen) atoms. The highest BCUT2D eigenvalue weighted by Gasteiger charge is 2.18. The van der Waals surface area contributed by atoms with Gasteiger partial charge in [0.15, 0.2) is 5.78 Å². The second-order valence-electron chi connectivity index (χ2n) is 4.90. The van der Waals surface area contributed by atoms with E-state index < -0.39 is 4.92 Å². The van der Waals surface area contributed by atoms with Crippen molar-refractivity contribution in [3.8, 4) is 11.1 Å². The Balaban J connectivity index is 2.00. The number of aromatic nitrogens is 1. The number of rotatable bonds is 4. The van der Waals surface area contributed by atoms with E-state index in [-0.39, 0.29) is 11.5 Å². The molecule has 0 aliphatic heterocycles. The van der Waals surface area contributed by atoms with Gasteiger partial charge in [-0.1, -0.05) is 29.8 Å². The Morgan fingerprint density at radius 3 is 2.35 bits per heavy atom. The van der Waals surface area contributed by atoms with Crippen LogP contribution < -0.4 is 0 Å². The molecule has 0 radical (unpaired) electrons. The van der Waals surface area contributed by atoms with Crippen molar-refractivity contribution in [2.45, 2.75) is 0 Å². The van der Waals surface area contributed by atoms with Crippen LogP contribution in [0.15, 0.2) is 60.9 Å². The van der Waals surface area contributed by atoms with Crippen LogP contribution in [0.1, 0.15) is 15.9 Å². The highest BCUT2D eigenvalue weighted by Crippen LogP contribution is 2.31. The van der Waals surface area contributed by atoms with Gasteiger partial charge in [0.2, 0.25) is 0 Å². The van der Waals surface area contributed by atoms with Crippen molar-refractivity contribution in [3.05, 3.63) is 87.2 Å². The number of benzene rings is 2. The Hall–Kier alpha value is -2.92. The zero-order valence-electron chi connectivity index (χ0n) is 11.8. The lowest BCUT2D eigenvalue weighted by Crippen LogP contribution is -2.02. The first-order chi connectivity index (χ1) is 11.1. The van der Waals surface area contributed by atoms with Crippen molar-refractivity contribution in [2.75, 3.05) is 0 Å². The minimum atomic E-state index is -0.500. The van der Waals surface area contributed by atoms with Crippen LogP contribution in [0.5, 0.6) is 0 Å². The first-order valence-electron chi connectivity index (χ1n) is 6.79. The number of H-pyrrole nitrogens is 1. The summed E-state index contributed by atoms with van der Waals surface area (Å²) in [5.74, 6) is -0.226. The standard InChI is InChI=1S/C17H11ClN2O3/c18-16-4-2-1-3-13(16)14-9-19-10-15(14)17(21)11-5-7-12(8-6-11)20(22)23/h1-10,19H. The van der Waals surface area contributed by atoms with Crippen LogP contribution in [0, 0.1) is 10.1 Å². The SMILES string of the molecule is O=C(c1ccc([N+](=O)[O-])cc1)c1c[nH]cc1-c1ccccc1Cl. The molecule has 0 unspecified atom stereocenters. The third kappa shape index (κ3) is 2.86. The number of carbonyl (C=O) groups excluding carboxylic acids is 1. The van der Waals surface area contributed by atoms with Gasteiger partial charge in [0.1, 0.15) is 0 Å². The van der Waals surface area contributed by atoms with Crippen LogP contribution in [0.3, 0.4) is 0 Å². The van der Waals surface area contributed by atoms with Gasteiger partial charge < -0.3 is 4.98 Å². The molecule has 1 aromatic heterocycles. The van der Waals surface area contributed by atoms with Crippen LogP contribution in [-0.4, -0.2) is 15.7 Å². The molecular formula is C17H11ClN2O3. The smallest absolute Gasteiger partial charge is 0.269 e. The minimum Gasteiger partial charge on any atom is -0.366 e. The molecule has 0 bridgehead atoms. The maximum absolute atomic E-state index is 12.7. The fourth-order valence-corrected chi connectivity index (χ4v) is 2.58. The molecule has 0 aliphatic carbocycles. The normalized spacial score (nSPS) is 10.5. The molecular weight excluding hydrogens is 316 g/mol. The zero-order valence-corrected chi connectivity index (χ0v) is 12.6. The monoisotopic (exact) mass is 326 g/mol. The van der Waals surface area contributed by atoms with Crippen molar-refractivity contribution in [3.63, 3.8) is 0 Å². The fraction of sp³-hybridized carbons (Fsp3) is 0. The molecule has 6 heteroatoms. The molecule has 5 nitrogen and oxygen atoms in total. The molecule has 0 fully saturated rings. The van der Waals surface area contributed by atoms with Gasteiger partial charge in [-0.3, -0.25) is 14.9 Å². The first-order valence-corrected chi connectivity index (χ1v) is 7.16. The van der Waals surface area contributed by atoms with Crippen molar-refractivity contribution < 1.29 is 9.72 Å². The molecule has 0 atom stereocenters. The number of nitrogens with one attached hydrogen (secondary N) is 1. The molecule has 1 N–H and O–H groups in total. The summed E-state index contributed by atoms with van der Waals surface area (Å²) in [6.45, 7) is 0. The molecule has 0 spiro atoms. The number of nitrogens with zero attached hydrogens (tertiary/aromatic N) is 1. The fourth-order valence-electron chi connectivity index (χ4n) is 2.34. The first kappa shape index (κ1) is 15.0. The minimum absolute atomic E-state index is 0.0538. The molecule has 114 valence electrons. The van der Waals surface area contributed by atoms with E-state index in [1.807, 2.05) is 18.2 Å². The lowest BCUT2D eigenvalue weighted by Gasteiger charge is -2.05. The van der Waals surface area contributed by atoms with E-state index in [4.69, 9.17) is 11.6 Å². The molecule has 3 aromatic rings. The second kappa shape index (κ2) is 6.06. The Kier molecular flexibility index (Phi) is 3.95. The summed E-state index contributed by atoms with van der Waals surface area (Å²) >= 11 is 6.19. The maximum Gasteiger partial charge on any atom is 0.269 e. The van der Waals surface area contributed by atoms with Gasteiger partial charge in [0, 0.05) is 51.8 Å². The molecule has 0 amide bonds. The largest absolute Gasteiger partial charge is 0.366 e. The van der Waals surface area contributed by atoms with E-state index >= 15 is 0 Å². The predicted octanol–water partition coefficient (Wildman–Crippen LogP) is 4.47.